The van der Waals surface area contributed by atoms with E-state index in [1.807, 2.05) is 19.1 Å². The van der Waals surface area contributed by atoms with E-state index in [0.717, 1.165) is 12.0 Å². The molecule has 1 aromatic heterocycles. The van der Waals surface area contributed by atoms with E-state index in [9.17, 15) is 9.18 Å². The van der Waals surface area contributed by atoms with Crippen molar-refractivity contribution in [3.8, 4) is 0 Å². The van der Waals surface area contributed by atoms with Crippen LogP contribution < -0.4 is 5.32 Å². The van der Waals surface area contributed by atoms with Crippen LogP contribution in [0.3, 0.4) is 0 Å². The Labute approximate surface area is 171 Å². The number of nitrogens with one attached hydrogen (secondary N) is 1. The third-order valence-electron chi connectivity index (χ3n) is 4.62. The Bertz CT molecular complexity index is 934. The van der Waals surface area contributed by atoms with Crippen molar-refractivity contribution in [3.63, 3.8) is 0 Å². The van der Waals surface area contributed by atoms with E-state index in [-0.39, 0.29) is 11.7 Å². The molecule has 0 fully saturated rings. The summed E-state index contributed by atoms with van der Waals surface area (Å²) in [5, 5.41) is 2.82. The molecule has 0 aliphatic carbocycles. The molecule has 29 heavy (non-hydrogen) atoms. The average molecular weight is 394 g/mol. The van der Waals surface area contributed by atoms with E-state index in [2.05, 4.69) is 41.4 Å². The van der Waals surface area contributed by atoms with Crippen molar-refractivity contribution in [3.05, 3.63) is 94.7 Å². The molecule has 0 aliphatic rings. The number of hydrogen-bond acceptors (Lipinski definition) is 3. The van der Waals surface area contributed by atoms with Crippen molar-refractivity contribution in [2.45, 2.75) is 39.9 Å². The Balaban J connectivity index is 1.74. The normalized spacial score (nSPS) is 11.0. The zero-order valence-electron chi connectivity index (χ0n) is 17.0. The number of rotatable bonds is 9. The molecule has 1 amide bonds. The summed E-state index contributed by atoms with van der Waals surface area (Å²) < 4.78 is 19.4. The maximum Gasteiger partial charge on any atom is 0.286 e. The third-order valence-corrected chi connectivity index (χ3v) is 4.62. The summed E-state index contributed by atoms with van der Waals surface area (Å²) in [6, 6.07) is 18.5. The van der Waals surface area contributed by atoms with Gasteiger partial charge in [0.2, 0.25) is 0 Å². The van der Waals surface area contributed by atoms with Crippen LogP contribution in [0.4, 0.5) is 4.39 Å². The minimum absolute atomic E-state index is 0.201. The first-order valence-electron chi connectivity index (χ1n) is 9.92. The predicted molar refractivity (Wildman–Crippen MR) is 112 cm³/mol. The lowest BCUT2D eigenvalue weighted by Gasteiger charge is -2.22. The van der Waals surface area contributed by atoms with E-state index in [0.29, 0.717) is 37.7 Å². The molecule has 0 saturated carbocycles. The SMILES string of the molecule is CCCNC(=O)c1ccc(CN(Cc2ccc(C)cc2)Cc2cccc(F)c2)o1. The van der Waals surface area contributed by atoms with Crippen LogP contribution in [0, 0.1) is 12.7 Å². The van der Waals surface area contributed by atoms with Gasteiger partial charge in [-0.15, -0.1) is 0 Å². The third kappa shape index (κ3) is 6.29. The zero-order valence-corrected chi connectivity index (χ0v) is 17.0. The molecule has 4 nitrogen and oxygen atoms in total. The minimum Gasteiger partial charge on any atom is -0.455 e. The first kappa shape index (κ1) is 20.8. The standard InChI is InChI=1S/C24H27FN2O2/c1-3-13-26-24(28)23-12-11-22(29-23)17-27(15-19-9-7-18(2)8-10-19)16-20-5-4-6-21(25)14-20/h4-12,14H,3,13,15-17H2,1-2H3,(H,26,28). The molecule has 5 heteroatoms. The molecule has 3 aromatic rings. The molecule has 0 aliphatic heterocycles. The molecule has 0 atom stereocenters. The van der Waals surface area contributed by atoms with Gasteiger partial charge in [-0.3, -0.25) is 9.69 Å². The van der Waals surface area contributed by atoms with Gasteiger partial charge < -0.3 is 9.73 Å². The Hall–Kier alpha value is -2.92. The second kappa shape index (κ2) is 10.0. The van der Waals surface area contributed by atoms with Crippen LogP contribution in [-0.4, -0.2) is 17.4 Å². The minimum atomic E-state index is -0.245. The second-order valence-electron chi connectivity index (χ2n) is 7.28. The number of benzene rings is 2. The molecular formula is C24H27FN2O2. The summed E-state index contributed by atoms with van der Waals surface area (Å²) in [4.78, 5) is 14.3. The van der Waals surface area contributed by atoms with Gasteiger partial charge in [-0.1, -0.05) is 48.9 Å². The molecular weight excluding hydrogens is 367 g/mol. The van der Waals surface area contributed by atoms with Crippen molar-refractivity contribution >= 4 is 5.91 Å². The second-order valence-corrected chi connectivity index (χ2v) is 7.28. The Morgan fingerprint density at radius 2 is 1.76 bits per heavy atom. The van der Waals surface area contributed by atoms with Gasteiger partial charge in [0.1, 0.15) is 11.6 Å². The summed E-state index contributed by atoms with van der Waals surface area (Å²) >= 11 is 0. The van der Waals surface area contributed by atoms with Crippen molar-refractivity contribution in [1.29, 1.82) is 0 Å². The summed E-state index contributed by atoms with van der Waals surface area (Å²) in [6.45, 7) is 6.46. The van der Waals surface area contributed by atoms with E-state index in [4.69, 9.17) is 4.42 Å². The van der Waals surface area contributed by atoms with Gasteiger partial charge in [-0.25, -0.2) is 4.39 Å². The van der Waals surface area contributed by atoms with Gasteiger partial charge in [0, 0.05) is 19.6 Å². The maximum absolute atomic E-state index is 13.6. The quantitative estimate of drug-likeness (QED) is 0.551. The van der Waals surface area contributed by atoms with E-state index in [1.165, 1.54) is 17.2 Å². The molecule has 0 radical (unpaired) electrons. The van der Waals surface area contributed by atoms with E-state index in [1.54, 1.807) is 18.2 Å². The van der Waals surface area contributed by atoms with Crippen LogP contribution in [0.25, 0.3) is 0 Å². The monoisotopic (exact) mass is 394 g/mol. The van der Waals surface area contributed by atoms with Gasteiger partial charge in [0.15, 0.2) is 5.76 Å². The summed E-state index contributed by atoms with van der Waals surface area (Å²) in [5.74, 6) is 0.573. The van der Waals surface area contributed by atoms with Gasteiger partial charge in [0.05, 0.1) is 6.54 Å². The number of carbonyl (C=O) groups is 1. The Morgan fingerprint density at radius 1 is 1.00 bits per heavy atom. The fourth-order valence-corrected chi connectivity index (χ4v) is 3.14. The highest BCUT2D eigenvalue weighted by Crippen LogP contribution is 2.17. The first-order chi connectivity index (χ1) is 14.0. The predicted octanol–water partition coefficient (Wildman–Crippen LogP) is 5.07. The number of hydrogen-bond donors (Lipinski definition) is 1. The van der Waals surface area contributed by atoms with Gasteiger partial charge in [-0.05, 0) is 48.7 Å². The van der Waals surface area contributed by atoms with Crippen molar-refractivity contribution in [1.82, 2.24) is 10.2 Å². The van der Waals surface area contributed by atoms with Gasteiger partial charge in [-0.2, -0.15) is 0 Å². The number of carbonyl (C=O) groups excluding carboxylic acids is 1. The molecule has 0 saturated heterocycles. The zero-order chi connectivity index (χ0) is 20.6. The lowest BCUT2D eigenvalue weighted by molar-refractivity contribution is 0.0921. The molecule has 2 aromatic carbocycles. The molecule has 0 spiro atoms. The molecule has 152 valence electrons. The van der Waals surface area contributed by atoms with Crippen LogP contribution in [0.15, 0.2) is 65.1 Å². The lowest BCUT2D eigenvalue weighted by atomic mass is 10.1. The Morgan fingerprint density at radius 3 is 2.48 bits per heavy atom. The van der Waals surface area contributed by atoms with Gasteiger partial charge >= 0.3 is 0 Å². The van der Waals surface area contributed by atoms with Crippen LogP contribution in [0.5, 0.6) is 0 Å². The number of furan rings is 1. The summed E-state index contributed by atoms with van der Waals surface area (Å²) in [6.07, 6.45) is 0.872. The maximum atomic E-state index is 13.6. The fraction of sp³-hybridized carbons (Fsp3) is 0.292. The average Bonchev–Trinajstić information content (AvgIpc) is 3.16. The highest BCUT2D eigenvalue weighted by molar-refractivity contribution is 5.91. The number of nitrogens with zero attached hydrogens (tertiary/aromatic N) is 1. The van der Waals surface area contributed by atoms with Crippen LogP contribution in [0.1, 0.15) is 46.3 Å². The van der Waals surface area contributed by atoms with Crippen molar-refractivity contribution in [2.75, 3.05) is 6.54 Å². The molecule has 1 heterocycles. The Kier molecular flexibility index (Phi) is 7.19. The van der Waals surface area contributed by atoms with E-state index < -0.39 is 0 Å². The molecule has 1 N–H and O–H groups in total. The van der Waals surface area contributed by atoms with Crippen molar-refractivity contribution < 1.29 is 13.6 Å². The molecule has 0 bridgehead atoms. The fourth-order valence-electron chi connectivity index (χ4n) is 3.14. The number of amides is 1. The molecule has 3 rings (SSSR count). The molecule has 0 unspecified atom stereocenters. The summed E-state index contributed by atoms with van der Waals surface area (Å²) in [5.41, 5.74) is 3.27. The van der Waals surface area contributed by atoms with Gasteiger partial charge in [0.25, 0.3) is 5.91 Å². The lowest BCUT2D eigenvalue weighted by Crippen LogP contribution is -2.23. The highest BCUT2D eigenvalue weighted by atomic mass is 19.1. The van der Waals surface area contributed by atoms with Crippen LogP contribution in [-0.2, 0) is 19.6 Å². The van der Waals surface area contributed by atoms with Crippen LogP contribution >= 0.6 is 0 Å². The summed E-state index contributed by atoms with van der Waals surface area (Å²) in [7, 11) is 0. The van der Waals surface area contributed by atoms with Crippen LogP contribution in [0.2, 0.25) is 0 Å². The highest BCUT2D eigenvalue weighted by Gasteiger charge is 2.14. The van der Waals surface area contributed by atoms with Crippen molar-refractivity contribution in [2.24, 2.45) is 0 Å². The van der Waals surface area contributed by atoms with E-state index >= 15 is 0 Å². The number of halogens is 1. The topological polar surface area (TPSA) is 45.5 Å². The smallest absolute Gasteiger partial charge is 0.286 e. The largest absolute Gasteiger partial charge is 0.455 e. The first-order valence-corrected chi connectivity index (χ1v) is 9.92. The number of aryl methyl sites for hydroxylation is 1.